The van der Waals surface area contributed by atoms with Gasteiger partial charge in [-0.05, 0) is 18.8 Å². The third kappa shape index (κ3) is 4.43. The van der Waals surface area contributed by atoms with Crippen LogP contribution in [0, 0.1) is 5.92 Å². The van der Waals surface area contributed by atoms with Crippen LogP contribution in [0.15, 0.2) is 0 Å². The van der Waals surface area contributed by atoms with Crippen molar-refractivity contribution in [3.63, 3.8) is 0 Å². The van der Waals surface area contributed by atoms with Gasteiger partial charge in [-0.1, -0.05) is 0 Å². The molecular formula is C9H19N3O2. The lowest BCUT2D eigenvalue weighted by atomic mass is 10.0. The highest BCUT2D eigenvalue weighted by Crippen LogP contribution is 2.11. The summed E-state index contributed by atoms with van der Waals surface area (Å²) in [6, 6.07) is -0.138. The molecule has 1 rings (SSSR count). The third-order valence-electron chi connectivity index (χ3n) is 2.24. The second-order valence-corrected chi connectivity index (χ2v) is 3.51. The van der Waals surface area contributed by atoms with Crippen LogP contribution >= 0.6 is 0 Å². The number of hydrogen-bond acceptors (Lipinski definition) is 3. The molecule has 0 spiro atoms. The number of ether oxygens (including phenoxy) is 1. The van der Waals surface area contributed by atoms with Gasteiger partial charge in [0.2, 0.25) is 0 Å². The van der Waals surface area contributed by atoms with E-state index >= 15 is 0 Å². The summed E-state index contributed by atoms with van der Waals surface area (Å²) >= 11 is 0. The average Bonchev–Trinajstić information content (AvgIpc) is 2.25. The van der Waals surface area contributed by atoms with Gasteiger partial charge >= 0.3 is 6.03 Å². The minimum atomic E-state index is -0.138. The van der Waals surface area contributed by atoms with Crippen molar-refractivity contribution in [2.24, 2.45) is 11.7 Å². The molecule has 0 aromatic rings. The van der Waals surface area contributed by atoms with Crippen molar-refractivity contribution in [2.45, 2.75) is 12.8 Å². The predicted molar refractivity (Wildman–Crippen MR) is 54.0 cm³/mol. The van der Waals surface area contributed by atoms with Gasteiger partial charge in [-0.3, -0.25) is 0 Å². The summed E-state index contributed by atoms with van der Waals surface area (Å²) in [5.41, 5.74) is 5.25. The molecule has 0 aromatic carbocycles. The van der Waals surface area contributed by atoms with E-state index in [1.165, 1.54) is 0 Å². The van der Waals surface area contributed by atoms with Crippen molar-refractivity contribution in [1.82, 2.24) is 10.6 Å². The Hall–Kier alpha value is -0.810. The lowest BCUT2D eigenvalue weighted by Crippen LogP contribution is -2.41. The van der Waals surface area contributed by atoms with Gasteiger partial charge in [-0.2, -0.15) is 0 Å². The van der Waals surface area contributed by atoms with E-state index in [1.807, 2.05) is 0 Å². The van der Waals surface area contributed by atoms with Crippen LogP contribution in [-0.4, -0.2) is 38.9 Å². The second kappa shape index (κ2) is 6.62. The highest BCUT2D eigenvalue weighted by Gasteiger charge is 2.14. The van der Waals surface area contributed by atoms with Gasteiger partial charge in [0.1, 0.15) is 0 Å². The predicted octanol–water partition coefficient (Wildman–Crippen LogP) is -0.329. The van der Waals surface area contributed by atoms with Crippen molar-refractivity contribution in [1.29, 1.82) is 0 Å². The van der Waals surface area contributed by atoms with Crippen LogP contribution in [0.2, 0.25) is 0 Å². The minimum Gasteiger partial charge on any atom is -0.381 e. The summed E-state index contributed by atoms with van der Waals surface area (Å²) in [4.78, 5) is 11.1. The number of urea groups is 1. The monoisotopic (exact) mass is 201 g/mol. The van der Waals surface area contributed by atoms with Gasteiger partial charge < -0.3 is 21.1 Å². The van der Waals surface area contributed by atoms with E-state index in [0.717, 1.165) is 26.1 Å². The van der Waals surface area contributed by atoms with E-state index in [9.17, 15) is 4.79 Å². The number of amides is 2. The Morgan fingerprint density at radius 1 is 1.50 bits per heavy atom. The molecule has 1 atom stereocenters. The van der Waals surface area contributed by atoms with Crippen molar-refractivity contribution in [2.75, 3.05) is 32.8 Å². The lowest BCUT2D eigenvalue weighted by Gasteiger charge is -2.22. The van der Waals surface area contributed by atoms with Crippen LogP contribution in [-0.2, 0) is 4.74 Å². The number of rotatable bonds is 4. The smallest absolute Gasteiger partial charge is 0.314 e. The average molecular weight is 201 g/mol. The molecule has 4 N–H and O–H groups in total. The fourth-order valence-electron chi connectivity index (χ4n) is 1.45. The Balaban J connectivity index is 2.03. The highest BCUT2D eigenvalue weighted by atomic mass is 16.5. The van der Waals surface area contributed by atoms with Crippen molar-refractivity contribution >= 4 is 6.03 Å². The molecule has 14 heavy (non-hydrogen) atoms. The summed E-state index contributed by atoms with van der Waals surface area (Å²) < 4.78 is 5.30. The van der Waals surface area contributed by atoms with Crippen LogP contribution in [0.1, 0.15) is 12.8 Å². The molecule has 5 heteroatoms. The van der Waals surface area contributed by atoms with Gasteiger partial charge in [-0.15, -0.1) is 0 Å². The largest absolute Gasteiger partial charge is 0.381 e. The van der Waals surface area contributed by atoms with Gasteiger partial charge in [0.25, 0.3) is 0 Å². The van der Waals surface area contributed by atoms with E-state index in [-0.39, 0.29) is 6.03 Å². The van der Waals surface area contributed by atoms with Crippen LogP contribution in [0.5, 0.6) is 0 Å². The van der Waals surface area contributed by atoms with E-state index in [0.29, 0.717) is 25.6 Å². The van der Waals surface area contributed by atoms with Crippen LogP contribution in [0.4, 0.5) is 4.79 Å². The lowest BCUT2D eigenvalue weighted by molar-refractivity contribution is 0.0557. The Morgan fingerprint density at radius 2 is 2.36 bits per heavy atom. The molecule has 0 saturated carbocycles. The van der Waals surface area contributed by atoms with Crippen molar-refractivity contribution in [3.05, 3.63) is 0 Å². The fourth-order valence-corrected chi connectivity index (χ4v) is 1.45. The quantitative estimate of drug-likeness (QED) is 0.583. The summed E-state index contributed by atoms with van der Waals surface area (Å²) in [6.07, 6.45) is 2.23. The Labute approximate surface area is 84.4 Å². The molecule has 1 aliphatic heterocycles. The maximum atomic E-state index is 11.1. The SMILES string of the molecule is NCCNC(=O)NCC1CCCOC1. The number of nitrogens with two attached hydrogens (primary N) is 1. The van der Waals surface area contributed by atoms with Gasteiger partial charge in [0, 0.05) is 26.2 Å². The van der Waals surface area contributed by atoms with E-state index in [1.54, 1.807) is 0 Å². The van der Waals surface area contributed by atoms with Gasteiger partial charge in [0.15, 0.2) is 0 Å². The van der Waals surface area contributed by atoms with E-state index in [4.69, 9.17) is 10.5 Å². The molecule has 1 aliphatic rings. The Bertz CT molecular complexity index is 169. The first kappa shape index (κ1) is 11.3. The normalized spacial score (nSPS) is 21.6. The number of nitrogens with one attached hydrogen (secondary N) is 2. The molecule has 1 fully saturated rings. The standard InChI is InChI=1S/C9H19N3O2/c10-3-4-11-9(13)12-6-8-2-1-5-14-7-8/h8H,1-7,10H2,(H2,11,12,13). The Morgan fingerprint density at radius 3 is 3.00 bits per heavy atom. The molecule has 0 radical (unpaired) electrons. The van der Waals surface area contributed by atoms with Crippen LogP contribution < -0.4 is 16.4 Å². The highest BCUT2D eigenvalue weighted by molar-refractivity contribution is 5.73. The summed E-state index contributed by atoms with van der Waals surface area (Å²) in [5, 5.41) is 5.46. The zero-order valence-electron chi connectivity index (χ0n) is 8.42. The first-order valence-corrected chi connectivity index (χ1v) is 5.12. The number of carbonyl (C=O) groups is 1. The molecule has 0 aromatic heterocycles. The minimum absolute atomic E-state index is 0.138. The molecular weight excluding hydrogens is 182 g/mol. The molecule has 1 heterocycles. The second-order valence-electron chi connectivity index (χ2n) is 3.51. The number of carbonyl (C=O) groups excluding carboxylic acids is 1. The van der Waals surface area contributed by atoms with Crippen LogP contribution in [0.25, 0.3) is 0 Å². The first-order valence-electron chi connectivity index (χ1n) is 5.12. The van der Waals surface area contributed by atoms with Gasteiger partial charge in [0.05, 0.1) is 6.61 Å². The van der Waals surface area contributed by atoms with Crippen LogP contribution in [0.3, 0.4) is 0 Å². The molecule has 0 bridgehead atoms. The molecule has 1 unspecified atom stereocenters. The zero-order chi connectivity index (χ0) is 10.2. The molecule has 2 amide bonds. The maximum Gasteiger partial charge on any atom is 0.314 e. The zero-order valence-corrected chi connectivity index (χ0v) is 8.42. The molecule has 5 nitrogen and oxygen atoms in total. The molecule has 1 saturated heterocycles. The van der Waals surface area contributed by atoms with Gasteiger partial charge in [-0.25, -0.2) is 4.79 Å². The summed E-state index contributed by atoms with van der Waals surface area (Å²) in [5.74, 6) is 0.465. The van der Waals surface area contributed by atoms with E-state index in [2.05, 4.69) is 10.6 Å². The maximum absolute atomic E-state index is 11.1. The molecule has 0 aliphatic carbocycles. The Kier molecular flexibility index (Phi) is 5.32. The first-order chi connectivity index (χ1) is 6.83. The topological polar surface area (TPSA) is 76.4 Å². The summed E-state index contributed by atoms with van der Waals surface area (Å²) in [6.45, 7) is 3.30. The third-order valence-corrected chi connectivity index (χ3v) is 2.24. The van der Waals surface area contributed by atoms with E-state index < -0.39 is 0 Å². The van der Waals surface area contributed by atoms with Crippen molar-refractivity contribution < 1.29 is 9.53 Å². The fraction of sp³-hybridized carbons (Fsp3) is 0.889. The molecule has 82 valence electrons. The summed E-state index contributed by atoms with van der Waals surface area (Å²) in [7, 11) is 0. The number of hydrogen-bond donors (Lipinski definition) is 3. The van der Waals surface area contributed by atoms with Crippen molar-refractivity contribution in [3.8, 4) is 0 Å².